The highest BCUT2D eigenvalue weighted by molar-refractivity contribution is 7.26. The predicted molar refractivity (Wildman–Crippen MR) is 245 cm³/mol. The molecule has 0 aliphatic carbocycles. The first-order chi connectivity index (χ1) is 28.3. The van der Waals surface area contributed by atoms with Gasteiger partial charge < -0.3 is 9.47 Å². The zero-order valence-electron chi connectivity index (χ0n) is 31.1. The average Bonchev–Trinajstić information content (AvgIpc) is 3.84. The van der Waals surface area contributed by atoms with Gasteiger partial charge in [-0.2, -0.15) is 0 Å². The lowest BCUT2D eigenvalue weighted by Crippen LogP contribution is -2.10. The molecule has 57 heavy (non-hydrogen) atoms. The van der Waals surface area contributed by atoms with Crippen molar-refractivity contribution in [2.24, 2.45) is 0 Å². The number of thiophene rings is 1. The zero-order chi connectivity index (χ0) is 37.7. The minimum atomic E-state index is 1.10. The largest absolute Gasteiger partial charge is 0.309 e. The molecule has 0 amide bonds. The molecule has 2 nitrogen and oxygen atoms in total. The van der Waals surface area contributed by atoms with Crippen LogP contribution in [0.3, 0.4) is 0 Å². The standard InChI is InChI=1S/C54H36N2S/c1-4-17-37(18-5-1)39-21-14-24-41(35-39)55(50-31-16-29-47-45-27-12-13-32-52(45)57-54(47)50)42-33-34-48-51(36-42)56(40-22-8-3-9-23-40)49-30-15-28-46(53(48)49)44-26-11-10-25-43(44)38-19-6-2-7-20-38/h1-36H. The molecule has 268 valence electrons. The maximum absolute atomic E-state index is 2.46. The second kappa shape index (κ2) is 13.8. The van der Waals surface area contributed by atoms with E-state index in [2.05, 4.69) is 228 Å². The number of hydrogen-bond acceptors (Lipinski definition) is 2. The Bertz CT molecular complexity index is 3230. The van der Waals surface area contributed by atoms with Crippen molar-refractivity contribution in [2.75, 3.05) is 4.90 Å². The molecule has 2 aromatic heterocycles. The molecule has 0 unspecified atom stereocenters. The summed E-state index contributed by atoms with van der Waals surface area (Å²) >= 11 is 1.87. The highest BCUT2D eigenvalue weighted by atomic mass is 32.1. The molecule has 3 heteroatoms. The van der Waals surface area contributed by atoms with Crippen molar-refractivity contribution in [3.63, 3.8) is 0 Å². The Morgan fingerprint density at radius 3 is 1.81 bits per heavy atom. The van der Waals surface area contributed by atoms with Crippen LogP contribution in [0, 0.1) is 0 Å². The summed E-state index contributed by atoms with van der Waals surface area (Å²) in [7, 11) is 0. The van der Waals surface area contributed by atoms with Crippen molar-refractivity contribution in [1.82, 2.24) is 4.57 Å². The van der Waals surface area contributed by atoms with E-state index in [1.165, 1.54) is 69.8 Å². The number of aromatic nitrogens is 1. The van der Waals surface area contributed by atoms with E-state index >= 15 is 0 Å². The molecule has 0 bridgehead atoms. The van der Waals surface area contributed by atoms with Crippen LogP contribution in [0.1, 0.15) is 0 Å². The van der Waals surface area contributed by atoms with Crippen molar-refractivity contribution in [2.45, 2.75) is 0 Å². The Hall–Kier alpha value is -7.20. The van der Waals surface area contributed by atoms with E-state index < -0.39 is 0 Å². The molecule has 0 saturated carbocycles. The van der Waals surface area contributed by atoms with Gasteiger partial charge in [0.2, 0.25) is 0 Å². The molecule has 11 rings (SSSR count). The van der Waals surface area contributed by atoms with Crippen molar-refractivity contribution in [3.8, 4) is 39.1 Å². The maximum Gasteiger partial charge on any atom is 0.0640 e. The molecule has 0 atom stereocenters. The minimum absolute atomic E-state index is 1.10. The molecular weight excluding hydrogens is 709 g/mol. The highest BCUT2D eigenvalue weighted by Crippen LogP contribution is 2.48. The molecule has 11 aromatic rings. The number of anilines is 3. The van der Waals surface area contributed by atoms with E-state index in [-0.39, 0.29) is 0 Å². The van der Waals surface area contributed by atoms with Crippen LogP contribution in [0.4, 0.5) is 17.1 Å². The Labute approximate surface area is 335 Å². The number of hydrogen-bond donors (Lipinski definition) is 0. The van der Waals surface area contributed by atoms with E-state index in [1.807, 2.05) is 11.3 Å². The third-order valence-electron chi connectivity index (χ3n) is 11.2. The van der Waals surface area contributed by atoms with Gasteiger partial charge in [0, 0.05) is 43.3 Å². The zero-order valence-corrected chi connectivity index (χ0v) is 31.9. The number of rotatable bonds is 7. The maximum atomic E-state index is 2.46. The second-order valence-electron chi connectivity index (χ2n) is 14.5. The van der Waals surface area contributed by atoms with Crippen LogP contribution < -0.4 is 4.90 Å². The lowest BCUT2D eigenvalue weighted by Gasteiger charge is -2.27. The fourth-order valence-corrected chi connectivity index (χ4v) is 9.86. The summed E-state index contributed by atoms with van der Waals surface area (Å²) in [5, 5.41) is 5.03. The van der Waals surface area contributed by atoms with Crippen LogP contribution in [-0.4, -0.2) is 4.57 Å². The van der Waals surface area contributed by atoms with Crippen LogP contribution in [0.2, 0.25) is 0 Å². The quantitative estimate of drug-likeness (QED) is 0.158. The van der Waals surface area contributed by atoms with Crippen LogP contribution in [-0.2, 0) is 0 Å². The lowest BCUT2D eigenvalue weighted by molar-refractivity contribution is 1.18. The fourth-order valence-electron chi connectivity index (χ4n) is 8.65. The first-order valence-electron chi connectivity index (χ1n) is 19.4. The number of nitrogens with zero attached hydrogens (tertiary/aromatic N) is 2. The van der Waals surface area contributed by atoms with Gasteiger partial charge in [-0.15, -0.1) is 11.3 Å². The van der Waals surface area contributed by atoms with E-state index in [1.54, 1.807) is 0 Å². The molecule has 0 N–H and O–H groups in total. The summed E-state index contributed by atoms with van der Waals surface area (Å²) < 4.78 is 5.01. The molecule has 0 fully saturated rings. The summed E-state index contributed by atoms with van der Waals surface area (Å²) in [4.78, 5) is 2.46. The highest BCUT2D eigenvalue weighted by Gasteiger charge is 2.23. The molecule has 0 radical (unpaired) electrons. The Morgan fingerprint density at radius 1 is 0.368 bits per heavy atom. The van der Waals surface area contributed by atoms with Crippen LogP contribution in [0.5, 0.6) is 0 Å². The van der Waals surface area contributed by atoms with E-state index in [9.17, 15) is 0 Å². The lowest BCUT2D eigenvalue weighted by atomic mass is 9.92. The molecule has 0 spiro atoms. The first kappa shape index (κ1) is 33.2. The normalized spacial score (nSPS) is 11.5. The van der Waals surface area contributed by atoms with Gasteiger partial charge >= 0.3 is 0 Å². The van der Waals surface area contributed by atoms with Crippen molar-refractivity contribution < 1.29 is 0 Å². The third-order valence-corrected chi connectivity index (χ3v) is 12.4. The number of fused-ring (bicyclic) bond motifs is 6. The summed E-state index contributed by atoms with van der Waals surface area (Å²) in [6.45, 7) is 0. The van der Waals surface area contributed by atoms with Gasteiger partial charge in [0.25, 0.3) is 0 Å². The first-order valence-corrected chi connectivity index (χ1v) is 20.3. The van der Waals surface area contributed by atoms with E-state index in [0.29, 0.717) is 0 Å². The van der Waals surface area contributed by atoms with Crippen molar-refractivity contribution in [3.05, 3.63) is 218 Å². The minimum Gasteiger partial charge on any atom is -0.309 e. The average molecular weight is 745 g/mol. The SMILES string of the molecule is c1ccc(-c2cccc(N(c3ccc4c5c(-c6ccccc6-c6ccccc6)cccc5n(-c5ccccc5)c4c3)c3cccc4c3sc3ccccc34)c2)cc1. The molecule has 0 saturated heterocycles. The number of benzene rings is 9. The smallest absolute Gasteiger partial charge is 0.0640 e. The van der Waals surface area contributed by atoms with E-state index in [0.717, 1.165) is 28.3 Å². The van der Waals surface area contributed by atoms with Gasteiger partial charge in [-0.3, -0.25) is 0 Å². The van der Waals surface area contributed by atoms with Gasteiger partial charge in [0.1, 0.15) is 0 Å². The Kier molecular flexibility index (Phi) is 8.04. The van der Waals surface area contributed by atoms with E-state index in [4.69, 9.17) is 0 Å². The summed E-state index contributed by atoms with van der Waals surface area (Å²) in [5.74, 6) is 0. The third kappa shape index (κ3) is 5.63. The molecule has 0 aliphatic heterocycles. The molecule has 0 aliphatic rings. The topological polar surface area (TPSA) is 8.17 Å². The second-order valence-corrected chi connectivity index (χ2v) is 15.5. The Morgan fingerprint density at radius 2 is 0.982 bits per heavy atom. The van der Waals surface area contributed by atoms with Gasteiger partial charge in [0.05, 0.1) is 21.4 Å². The van der Waals surface area contributed by atoms with Gasteiger partial charge in [0.15, 0.2) is 0 Å². The van der Waals surface area contributed by atoms with Crippen molar-refractivity contribution >= 4 is 70.4 Å². The fraction of sp³-hybridized carbons (Fsp3) is 0. The van der Waals surface area contributed by atoms with Gasteiger partial charge in [-0.1, -0.05) is 164 Å². The van der Waals surface area contributed by atoms with Crippen LogP contribution >= 0.6 is 11.3 Å². The van der Waals surface area contributed by atoms with Crippen LogP contribution in [0.15, 0.2) is 218 Å². The van der Waals surface area contributed by atoms with Crippen molar-refractivity contribution in [1.29, 1.82) is 0 Å². The summed E-state index contributed by atoms with van der Waals surface area (Å²) in [5.41, 5.74) is 14.1. The summed E-state index contributed by atoms with van der Waals surface area (Å²) in [6, 6.07) is 79.4. The summed E-state index contributed by atoms with van der Waals surface area (Å²) in [6.07, 6.45) is 0. The monoisotopic (exact) mass is 744 g/mol. The van der Waals surface area contributed by atoms with Gasteiger partial charge in [-0.25, -0.2) is 0 Å². The number of para-hydroxylation sites is 1. The molecule has 9 aromatic carbocycles. The van der Waals surface area contributed by atoms with Crippen LogP contribution in [0.25, 0.3) is 81.0 Å². The Balaban J connectivity index is 1.20. The predicted octanol–water partition coefficient (Wildman–Crippen LogP) is 15.6. The molecule has 2 heterocycles. The van der Waals surface area contributed by atoms with Gasteiger partial charge in [-0.05, 0) is 88.0 Å². The molecular formula is C54H36N2S.